The molecule has 0 spiro atoms. The van der Waals surface area contributed by atoms with Crippen LogP contribution in [0.15, 0.2) is 48.7 Å². The zero-order chi connectivity index (χ0) is 26.0. The van der Waals surface area contributed by atoms with Gasteiger partial charge in [0.2, 0.25) is 11.8 Å². The summed E-state index contributed by atoms with van der Waals surface area (Å²) in [6, 6.07) is 6.01. The molecule has 2 aromatic rings. The number of benzene rings is 1. The predicted molar refractivity (Wildman–Crippen MR) is 122 cm³/mol. The summed E-state index contributed by atoms with van der Waals surface area (Å²) in [5.41, 5.74) is 0.977. The molecule has 0 aliphatic carbocycles. The van der Waals surface area contributed by atoms with Crippen molar-refractivity contribution in [3.05, 3.63) is 59.5 Å². The fourth-order valence-electron chi connectivity index (χ4n) is 2.78. The van der Waals surface area contributed by atoms with Crippen LogP contribution in [0.25, 0.3) is 0 Å². The Kier molecular flexibility index (Phi) is 10.3. The Balaban J connectivity index is 1.74. The van der Waals surface area contributed by atoms with Gasteiger partial charge < -0.3 is 20.1 Å². The van der Waals surface area contributed by atoms with Gasteiger partial charge in [0.15, 0.2) is 13.2 Å². The first kappa shape index (κ1) is 27.9. The lowest BCUT2D eigenvalue weighted by Crippen LogP contribution is -2.38. The number of hydrogen-bond donors (Lipinski definition) is 2. The second kappa shape index (κ2) is 12.9. The molecule has 12 heteroatoms. The molecule has 1 aromatic carbocycles. The number of pyridine rings is 1. The highest BCUT2D eigenvalue weighted by Gasteiger charge is 2.28. The average Bonchev–Trinajstić information content (AvgIpc) is 2.78. The third kappa shape index (κ3) is 10.6. The third-order valence-corrected chi connectivity index (χ3v) is 4.80. The van der Waals surface area contributed by atoms with E-state index in [9.17, 15) is 27.2 Å². The predicted octanol–water partition coefficient (Wildman–Crippen LogP) is 5.06. The molecule has 0 bridgehead atoms. The van der Waals surface area contributed by atoms with E-state index >= 15 is 0 Å². The van der Waals surface area contributed by atoms with Crippen molar-refractivity contribution >= 4 is 29.1 Å². The molecule has 190 valence electrons. The van der Waals surface area contributed by atoms with Gasteiger partial charge in [-0.15, -0.1) is 0 Å². The van der Waals surface area contributed by atoms with Crippen LogP contribution in [-0.4, -0.2) is 42.2 Å². The quantitative estimate of drug-likeness (QED) is 0.303. The summed E-state index contributed by atoms with van der Waals surface area (Å²) < 4.78 is 59.7. The van der Waals surface area contributed by atoms with Crippen molar-refractivity contribution in [3.8, 4) is 11.6 Å². The van der Waals surface area contributed by atoms with E-state index in [1.165, 1.54) is 30.5 Å². The van der Waals surface area contributed by atoms with E-state index in [2.05, 4.69) is 26.9 Å². The van der Waals surface area contributed by atoms with Crippen molar-refractivity contribution in [2.75, 3.05) is 18.5 Å². The maximum absolute atomic E-state index is 13.4. The van der Waals surface area contributed by atoms with Crippen molar-refractivity contribution in [2.24, 2.45) is 0 Å². The van der Waals surface area contributed by atoms with E-state index in [0.29, 0.717) is 24.1 Å². The SMILES string of the molecule is C=C(C)C(CCCC(=O)Nc1ccc(OCC(F)(F)F)nc1)NC(=O)COc1ccc(Cl)c(F)c1. The monoisotopic (exact) mass is 517 g/mol. The summed E-state index contributed by atoms with van der Waals surface area (Å²) in [4.78, 5) is 28.1. The molecule has 0 aliphatic rings. The maximum Gasteiger partial charge on any atom is 0.422 e. The molecule has 0 aliphatic heterocycles. The minimum Gasteiger partial charge on any atom is -0.484 e. The van der Waals surface area contributed by atoms with Crippen LogP contribution in [0, 0.1) is 5.82 Å². The number of aromatic nitrogens is 1. The van der Waals surface area contributed by atoms with E-state index in [1.54, 1.807) is 6.92 Å². The van der Waals surface area contributed by atoms with Crippen LogP contribution in [0.4, 0.5) is 23.2 Å². The zero-order valence-electron chi connectivity index (χ0n) is 18.8. The standard InChI is InChI=1S/C23H24ClF4N3O4/c1-14(2)19(31-21(33)12-34-16-7-8-17(24)18(25)10-16)4-3-5-20(32)30-15-6-9-22(29-11-15)35-13-23(26,27)28/h6-11,19H,1,3-5,12-13H2,2H3,(H,30,32)(H,31,33). The molecular formula is C23H24ClF4N3O4. The molecule has 7 nitrogen and oxygen atoms in total. The van der Waals surface area contributed by atoms with Crippen LogP contribution in [0.3, 0.4) is 0 Å². The fraction of sp³-hybridized carbons (Fsp3) is 0.348. The van der Waals surface area contributed by atoms with Gasteiger partial charge in [-0.2, -0.15) is 13.2 Å². The number of nitrogens with zero attached hydrogens (tertiary/aromatic N) is 1. The van der Waals surface area contributed by atoms with E-state index in [4.69, 9.17) is 16.3 Å². The summed E-state index contributed by atoms with van der Waals surface area (Å²) in [7, 11) is 0. The number of amides is 2. The van der Waals surface area contributed by atoms with Gasteiger partial charge in [0.1, 0.15) is 11.6 Å². The van der Waals surface area contributed by atoms with Gasteiger partial charge in [0, 0.05) is 24.6 Å². The third-order valence-electron chi connectivity index (χ3n) is 4.49. The Morgan fingerprint density at radius 1 is 1.17 bits per heavy atom. The van der Waals surface area contributed by atoms with Gasteiger partial charge in [-0.3, -0.25) is 9.59 Å². The molecule has 0 saturated heterocycles. The molecule has 1 atom stereocenters. The smallest absolute Gasteiger partial charge is 0.422 e. The Morgan fingerprint density at radius 2 is 1.91 bits per heavy atom. The summed E-state index contributed by atoms with van der Waals surface area (Å²) in [6.45, 7) is 3.77. The molecule has 1 aromatic heterocycles. The maximum atomic E-state index is 13.4. The normalized spacial score (nSPS) is 11.9. The lowest BCUT2D eigenvalue weighted by molar-refractivity contribution is -0.154. The largest absolute Gasteiger partial charge is 0.484 e. The molecular weight excluding hydrogens is 494 g/mol. The number of carbonyl (C=O) groups excluding carboxylic acids is 2. The molecule has 0 fully saturated rings. The van der Waals surface area contributed by atoms with Gasteiger partial charge in [0.25, 0.3) is 5.91 Å². The highest BCUT2D eigenvalue weighted by atomic mass is 35.5. The molecule has 1 unspecified atom stereocenters. The molecule has 2 amide bonds. The van der Waals surface area contributed by atoms with Gasteiger partial charge in [-0.05, 0) is 38.0 Å². The van der Waals surface area contributed by atoms with Gasteiger partial charge in [0.05, 0.1) is 16.9 Å². The van der Waals surface area contributed by atoms with E-state index in [1.807, 2.05) is 0 Å². The van der Waals surface area contributed by atoms with Crippen LogP contribution in [0.5, 0.6) is 11.6 Å². The lowest BCUT2D eigenvalue weighted by atomic mass is 10.0. The molecule has 0 saturated carbocycles. The van der Waals surface area contributed by atoms with Gasteiger partial charge in [-0.1, -0.05) is 23.8 Å². The van der Waals surface area contributed by atoms with Gasteiger partial charge >= 0.3 is 6.18 Å². The zero-order valence-corrected chi connectivity index (χ0v) is 19.5. The molecule has 2 rings (SSSR count). The number of alkyl halides is 3. The lowest BCUT2D eigenvalue weighted by Gasteiger charge is -2.19. The highest BCUT2D eigenvalue weighted by Crippen LogP contribution is 2.21. The first-order valence-electron chi connectivity index (χ1n) is 10.4. The summed E-state index contributed by atoms with van der Waals surface area (Å²) in [6.07, 6.45) is -2.34. The molecule has 2 N–H and O–H groups in total. The van der Waals surface area contributed by atoms with Crippen LogP contribution in [-0.2, 0) is 9.59 Å². The van der Waals surface area contributed by atoms with Gasteiger partial charge in [-0.25, -0.2) is 9.37 Å². The highest BCUT2D eigenvalue weighted by molar-refractivity contribution is 6.30. The number of nitrogens with one attached hydrogen (secondary N) is 2. The Morgan fingerprint density at radius 3 is 2.51 bits per heavy atom. The Hall–Kier alpha value is -3.34. The summed E-state index contributed by atoms with van der Waals surface area (Å²) in [5, 5.41) is 5.27. The van der Waals surface area contributed by atoms with E-state index < -0.39 is 30.5 Å². The van der Waals surface area contributed by atoms with Crippen LogP contribution >= 0.6 is 11.6 Å². The topological polar surface area (TPSA) is 89.5 Å². The second-order valence-corrected chi connectivity index (χ2v) is 7.97. The average molecular weight is 518 g/mol. The van der Waals surface area contributed by atoms with Crippen molar-refractivity contribution in [1.29, 1.82) is 0 Å². The number of hydrogen-bond acceptors (Lipinski definition) is 5. The molecule has 1 heterocycles. The van der Waals surface area contributed by atoms with Crippen molar-refractivity contribution in [2.45, 2.75) is 38.4 Å². The summed E-state index contributed by atoms with van der Waals surface area (Å²) >= 11 is 5.60. The minimum atomic E-state index is -4.47. The minimum absolute atomic E-state index is 0.0589. The second-order valence-electron chi connectivity index (χ2n) is 7.56. The number of rotatable bonds is 12. The van der Waals surface area contributed by atoms with Crippen molar-refractivity contribution in [1.82, 2.24) is 10.3 Å². The molecule has 0 radical (unpaired) electrons. The number of ether oxygens (including phenoxy) is 2. The number of halogens is 5. The summed E-state index contributed by atoms with van der Waals surface area (Å²) in [5.74, 6) is -1.51. The van der Waals surface area contributed by atoms with Crippen LogP contribution in [0.2, 0.25) is 5.02 Å². The van der Waals surface area contributed by atoms with E-state index in [-0.39, 0.29) is 35.6 Å². The number of anilines is 1. The van der Waals surface area contributed by atoms with E-state index in [0.717, 1.165) is 6.07 Å². The Bertz CT molecular complexity index is 1030. The van der Waals surface area contributed by atoms with Crippen molar-refractivity contribution in [3.63, 3.8) is 0 Å². The fourth-order valence-corrected chi connectivity index (χ4v) is 2.90. The first-order valence-corrected chi connectivity index (χ1v) is 10.8. The Labute approximate surface area is 204 Å². The van der Waals surface area contributed by atoms with Crippen LogP contribution in [0.1, 0.15) is 26.2 Å². The van der Waals surface area contributed by atoms with Crippen molar-refractivity contribution < 1.29 is 36.6 Å². The van der Waals surface area contributed by atoms with Crippen LogP contribution < -0.4 is 20.1 Å². The number of carbonyl (C=O) groups is 2. The first-order chi connectivity index (χ1) is 16.4. The molecule has 35 heavy (non-hydrogen) atoms.